The summed E-state index contributed by atoms with van der Waals surface area (Å²) in [6.45, 7) is 1.31. The standard InChI is InChI=1S/C4H6F3O2/c1-3(8)9-2-4(5,6)7/h3,8H,1-2H2. The molecule has 0 saturated carbocycles. The molecule has 0 aliphatic rings. The van der Waals surface area contributed by atoms with Gasteiger partial charge in [0.05, 0.1) is 0 Å². The minimum absolute atomic E-state index is 1.46. The van der Waals surface area contributed by atoms with Gasteiger partial charge in [0.15, 0.2) is 6.29 Å². The van der Waals surface area contributed by atoms with E-state index in [-0.39, 0.29) is 0 Å². The van der Waals surface area contributed by atoms with Crippen LogP contribution in [0.3, 0.4) is 0 Å². The summed E-state index contributed by atoms with van der Waals surface area (Å²) >= 11 is 0. The maximum Gasteiger partial charge on any atom is 0.411 e. The Morgan fingerprint density at radius 3 is 2.11 bits per heavy atom. The number of rotatable bonds is 2. The summed E-state index contributed by atoms with van der Waals surface area (Å²) in [6.07, 6.45) is -6.00. The lowest BCUT2D eigenvalue weighted by Gasteiger charge is -2.08. The zero-order valence-corrected chi connectivity index (χ0v) is 4.48. The number of hydrogen-bond acceptors (Lipinski definition) is 2. The van der Waals surface area contributed by atoms with Crippen LogP contribution in [-0.2, 0) is 4.74 Å². The molecule has 0 heterocycles. The van der Waals surface area contributed by atoms with Crippen LogP contribution in [0.5, 0.6) is 0 Å². The average Bonchev–Trinajstić information content (AvgIpc) is 1.59. The number of aliphatic hydroxyl groups excluding tert-OH is 1. The Morgan fingerprint density at radius 1 is 1.56 bits per heavy atom. The fraction of sp³-hybridized carbons (Fsp3) is 0.750. The molecule has 0 saturated heterocycles. The molecule has 0 amide bonds. The van der Waals surface area contributed by atoms with E-state index in [2.05, 4.69) is 11.7 Å². The van der Waals surface area contributed by atoms with Gasteiger partial charge in [-0.15, -0.1) is 0 Å². The molecule has 0 bridgehead atoms. The van der Waals surface area contributed by atoms with Crippen molar-refractivity contribution >= 4 is 0 Å². The monoisotopic (exact) mass is 143 g/mol. The molecule has 9 heavy (non-hydrogen) atoms. The summed E-state index contributed by atoms with van der Waals surface area (Å²) in [6, 6.07) is 0. The first-order chi connectivity index (χ1) is 3.92. The normalized spacial score (nSPS) is 15.7. The summed E-state index contributed by atoms with van der Waals surface area (Å²) < 4.78 is 37.2. The minimum atomic E-state index is -4.39. The van der Waals surface area contributed by atoms with Crippen LogP contribution in [0.4, 0.5) is 13.2 Å². The van der Waals surface area contributed by atoms with Crippen molar-refractivity contribution in [2.75, 3.05) is 6.61 Å². The van der Waals surface area contributed by atoms with Crippen LogP contribution in [-0.4, -0.2) is 24.2 Å². The SMILES string of the molecule is [CH2]C(O)OCC(F)(F)F. The van der Waals surface area contributed by atoms with Gasteiger partial charge in [0.25, 0.3) is 0 Å². The predicted octanol–water partition coefficient (Wildman–Crippen LogP) is 0.718. The molecule has 0 aromatic heterocycles. The Morgan fingerprint density at radius 2 is 2.00 bits per heavy atom. The molecular weight excluding hydrogens is 137 g/mol. The zero-order chi connectivity index (χ0) is 7.49. The van der Waals surface area contributed by atoms with Crippen molar-refractivity contribution in [1.82, 2.24) is 0 Å². The molecule has 2 nitrogen and oxygen atoms in total. The van der Waals surface area contributed by atoms with Gasteiger partial charge in [-0.1, -0.05) is 0 Å². The van der Waals surface area contributed by atoms with Crippen molar-refractivity contribution in [3.63, 3.8) is 0 Å². The molecule has 55 valence electrons. The second-order valence-electron chi connectivity index (χ2n) is 1.38. The Hall–Kier alpha value is -0.290. The van der Waals surface area contributed by atoms with E-state index in [0.717, 1.165) is 0 Å². The Bertz CT molecular complexity index is 78.4. The van der Waals surface area contributed by atoms with Crippen molar-refractivity contribution in [3.05, 3.63) is 6.92 Å². The molecule has 0 aliphatic heterocycles. The first-order valence-electron chi connectivity index (χ1n) is 2.11. The Balaban J connectivity index is 3.28. The summed E-state index contributed by atoms with van der Waals surface area (Å²) in [5, 5.41) is 8.08. The van der Waals surface area contributed by atoms with E-state index in [0.29, 0.717) is 0 Å². The van der Waals surface area contributed by atoms with Gasteiger partial charge in [-0.3, -0.25) is 0 Å². The van der Waals surface area contributed by atoms with Crippen LogP contribution in [0.1, 0.15) is 0 Å². The molecule has 0 fully saturated rings. The quantitative estimate of drug-likeness (QED) is 0.577. The largest absolute Gasteiger partial charge is 0.411 e. The van der Waals surface area contributed by atoms with E-state index >= 15 is 0 Å². The third kappa shape index (κ3) is 7.71. The molecule has 0 aromatic carbocycles. The highest BCUT2D eigenvalue weighted by Crippen LogP contribution is 2.14. The molecule has 1 N–H and O–H groups in total. The number of ether oxygens (including phenoxy) is 1. The second kappa shape index (κ2) is 3.03. The van der Waals surface area contributed by atoms with Gasteiger partial charge in [-0.25, -0.2) is 0 Å². The van der Waals surface area contributed by atoms with Gasteiger partial charge in [-0.2, -0.15) is 13.2 Å². The Labute approximate surface area is 50.2 Å². The number of aliphatic hydroxyl groups is 1. The summed E-state index contributed by atoms with van der Waals surface area (Å²) in [4.78, 5) is 0. The lowest BCUT2D eigenvalue weighted by Crippen LogP contribution is -2.21. The van der Waals surface area contributed by atoms with Crippen LogP contribution in [0, 0.1) is 6.92 Å². The molecule has 0 rings (SSSR count). The van der Waals surface area contributed by atoms with Crippen LogP contribution in [0.2, 0.25) is 0 Å². The maximum atomic E-state index is 11.2. The fourth-order valence-electron chi connectivity index (χ4n) is 0.191. The van der Waals surface area contributed by atoms with E-state index in [1.54, 1.807) is 0 Å². The maximum absolute atomic E-state index is 11.2. The molecule has 0 aliphatic carbocycles. The van der Waals surface area contributed by atoms with Crippen molar-refractivity contribution < 1.29 is 23.0 Å². The molecule has 5 heteroatoms. The van der Waals surface area contributed by atoms with Crippen LogP contribution < -0.4 is 0 Å². The number of alkyl halides is 3. The van der Waals surface area contributed by atoms with Crippen molar-refractivity contribution in [1.29, 1.82) is 0 Å². The average molecular weight is 143 g/mol. The lowest BCUT2D eigenvalue weighted by atomic mass is 10.7. The molecule has 0 aromatic rings. The number of halogens is 3. The summed E-state index contributed by atoms with van der Waals surface area (Å²) in [5.41, 5.74) is 0. The van der Waals surface area contributed by atoms with Gasteiger partial charge < -0.3 is 9.84 Å². The first kappa shape index (κ1) is 8.71. The first-order valence-corrected chi connectivity index (χ1v) is 2.11. The molecule has 1 atom stereocenters. The smallest absolute Gasteiger partial charge is 0.368 e. The van der Waals surface area contributed by atoms with Gasteiger partial charge in [-0.05, 0) is 0 Å². The van der Waals surface area contributed by atoms with Crippen molar-refractivity contribution in [3.8, 4) is 0 Å². The lowest BCUT2D eigenvalue weighted by molar-refractivity contribution is -0.206. The second-order valence-corrected chi connectivity index (χ2v) is 1.38. The predicted molar refractivity (Wildman–Crippen MR) is 23.4 cm³/mol. The van der Waals surface area contributed by atoms with Gasteiger partial charge in [0.1, 0.15) is 6.61 Å². The zero-order valence-electron chi connectivity index (χ0n) is 4.48. The van der Waals surface area contributed by atoms with E-state index < -0.39 is 19.1 Å². The highest BCUT2D eigenvalue weighted by molar-refractivity contribution is 4.48. The van der Waals surface area contributed by atoms with Gasteiger partial charge in [0, 0.05) is 6.92 Å². The highest BCUT2D eigenvalue weighted by atomic mass is 19.4. The van der Waals surface area contributed by atoms with Crippen molar-refractivity contribution in [2.24, 2.45) is 0 Å². The third-order valence-electron chi connectivity index (χ3n) is 0.439. The van der Waals surface area contributed by atoms with Crippen LogP contribution in [0.15, 0.2) is 0 Å². The van der Waals surface area contributed by atoms with E-state index in [9.17, 15) is 13.2 Å². The number of hydrogen-bond donors (Lipinski definition) is 1. The van der Waals surface area contributed by atoms with E-state index in [4.69, 9.17) is 5.11 Å². The van der Waals surface area contributed by atoms with Gasteiger partial charge >= 0.3 is 6.18 Å². The van der Waals surface area contributed by atoms with Crippen molar-refractivity contribution in [2.45, 2.75) is 12.5 Å². The minimum Gasteiger partial charge on any atom is -0.368 e. The topological polar surface area (TPSA) is 29.5 Å². The molecule has 1 radical (unpaired) electrons. The van der Waals surface area contributed by atoms with E-state index in [1.165, 1.54) is 0 Å². The van der Waals surface area contributed by atoms with Gasteiger partial charge in [0.2, 0.25) is 0 Å². The van der Waals surface area contributed by atoms with Crippen LogP contribution >= 0.6 is 0 Å². The Kier molecular flexibility index (Phi) is 2.93. The highest BCUT2D eigenvalue weighted by Gasteiger charge is 2.28. The summed E-state index contributed by atoms with van der Waals surface area (Å²) in [7, 11) is 0. The molecule has 1 unspecified atom stereocenters. The fourth-order valence-corrected chi connectivity index (χ4v) is 0.191. The summed E-state index contributed by atoms with van der Waals surface area (Å²) in [5.74, 6) is 0. The molecule has 0 spiro atoms. The van der Waals surface area contributed by atoms with E-state index in [1.807, 2.05) is 0 Å². The van der Waals surface area contributed by atoms with Crippen LogP contribution in [0.25, 0.3) is 0 Å². The molecular formula is C4H6F3O2. The third-order valence-corrected chi connectivity index (χ3v) is 0.439.